The molecule has 0 radical (unpaired) electrons. The van der Waals surface area contributed by atoms with Crippen LogP contribution in [0.3, 0.4) is 0 Å². The zero-order chi connectivity index (χ0) is 19.9. The van der Waals surface area contributed by atoms with Crippen LogP contribution in [0.2, 0.25) is 0 Å². The minimum atomic E-state index is -0.0988. The molecule has 1 atom stereocenters. The van der Waals surface area contributed by atoms with Crippen molar-refractivity contribution in [1.29, 1.82) is 0 Å². The summed E-state index contributed by atoms with van der Waals surface area (Å²) in [6, 6.07) is 21.2. The number of nitrogens with zero attached hydrogens (tertiary/aromatic N) is 1. The van der Waals surface area contributed by atoms with E-state index in [2.05, 4.69) is 27.7 Å². The van der Waals surface area contributed by atoms with E-state index in [0.29, 0.717) is 17.9 Å². The second-order valence-electron chi connectivity index (χ2n) is 6.83. The Morgan fingerprint density at radius 1 is 1.03 bits per heavy atom. The Bertz CT molecular complexity index is 909. The maximum atomic E-state index is 12.8. The maximum Gasteiger partial charge on any atom is 0.251 e. The van der Waals surface area contributed by atoms with Crippen LogP contribution in [-0.2, 0) is 4.74 Å². The van der Waals surface area contributed by atoms with Crippen LogP contribution in [0.5, 0.6) is 11.5 Å². The number of carbonyl (C=O) groups excluding carboxylic acids is 1. The van der Waals surface area contributed by atoms with E-state index in [1.807, 2.05) is 48.5 Å². The van der Waals surface area contributed by atoms with Crippen molar-refractivity contribution in [3.63, 3.8) is 0 Å². The molecular formula is C23H24N2O3S. The Morgan fingerprint density at radius 3 is 2.59 bits per heavy atom. The van der Waals surface area contributed by atoms with E-state index < -0.39 is 0 Å². The van der Waals surface area contributed by atoms with Gasteiger partial charge in [0.05, 0.1) is 19.3 Å². The van der Waals surface area contributed by atoms with Crippen molar-refractivity contribution < 1.29 is 14.3 Å². The molecule has 150 valence electrons. The fourth-order valence-corrected chi connectivity index (χ4v) is 4.26. The van der Waals surface area contributed by atoms with E-state index in [1.54, 1.807) is 17.4 Å². The van der Waals surface area contributed by atoms with Crippen LogP contribution in [-0.4, -0.2) is 43.7 Å². The van der Waals surface area contributed by atoms with Gasteiger partial charge in [-0.3, -0.25) is 9.69 Å². The molecule has 4 rings (SSSR count). The first-order valence-electron chi connectivity index (χ1n) is 9.76. The van der Waals surface area contributed by atoms with Crippen molar-refractivity contribution in [2.45, 2.75) is 6.04 Å². The molecule has 6 heteroatoms. The summed E-state index contributed by atoms with van der Waals surface area (Å²) >= 11 is 1.72. The smallest absolute Gasteiger partial charge is 0.251 e. The third-order valence-corrected chi connectivity index (χ3v) is 5.86. The van der Waals surface area contributed by atoms with Crippen LogP contribution in [0.15, 0.2) is 72.1 Å². The van der Waals surface area contributed by atoms with E-state index in [0.717, 1.165) is 32.1 Å². The van der Waals surface area contributed by atoms with Gasteiger partial charge >= 0.3 is 0 Å². The fourth-order valence-electron chi connectivity index (χ4n) is 3.40. The van der Waals surface area contributed by atoms with E-state index in [1.165, 1.54) is 4.88 Å². The monoisotopic (exact) mass is 408 g/mol. The summed E-state index contributed by atoms with van der Waals surface area (Å²) in [5.41, 5.74) is 0.588. The number of hydrogen-bond donors (Lipinski definition) is 1. The van der Waals surface area contributed by atoms with Gasteiger partial charge in [0, 0.05) is 30.1 Å². The lowest BCUT2D eigenvalue weighted by molar-refractivity contribution is 0.0169. The van der Waals surface area contributed by atoms with Gasteiger partial charge in [-0.15, -0.1) is 11.3 Å². The third kappa shape index (κ3) is 5.23. The summed E-state index contributed by atoms with van der Waals surface area (Å²) in [7, 11) is 0. The van der Waals surface area contributed by atoms with Gasteiger partial charge in [0.1, 0.15) is 11.5 Å². The molecule has 2 heterocycles. The second kappa shape index (κ2) is 9.69. The van der Waals surface area contributed by atoms with Crippen molar-refractivity contribution in [3.8, 4) is 11.5 Å². The van der Waals surface area contributed by atoms with Crippen LogP contribution in [0, 0.1) is 0 Å². The molecule has 5 nitrogen and oxygen atoms in total. The van der Waals surface area contributed by atoms with Crippen LogP contribution in [0.25, 0.3) is 0 Å². The van der Waals surface area contributed by atoms with Crippen molar-refractivity contribution >= 4 is 17.2 Å². The first kappa shape index (κ1) is 19.6. The maximum absolute atomic E-state index is 12.8. The van der Waals surface area contributed by atoms with E-state index >= 15 is 0 Å². The summed E-state index contributed by atoms with van der Waals surface area (Å²) in [6.07, 6.45) is 0. The molecule has 0 bridgehead atoms. The minimum Gasteiger partial charge on any atom is -0.457 e. The molecule has 0 saturated carbocycles. The number of ether oxygens (including phenoxy) is 2. The van der Waals surface area contributed by atoms with Crippen molar-refractivity contribution in [2.75, 3.05) is 32.8 Å². The number of morpholine rings is 1. The molecule has 0 aliphatic carbocycles. The highest BCUT2D eigenvalue weighted by atomic mass is 32.1. The normalized spacial score (nSPS) is 15.6. The highest BCUT2D eigenvalue weighted by Gasteiger charge is 2.24. The highest BCUT2D eigenvalue weighted by molar-refractivity contribution is 7.10. The Morgan fingerprint density at radius 2 is 1.83 bits per heavy atom. The Kier molecular flexibility index (Phi) is 6.56. The van der Waals surface area contributed by atoms with Crippen molar-refractivity contribution in [2.24, 2.45) is 0 Å². The number of rotatable bonds is 7. The average Bonchev–Trinajstić information content (AvgIpc) is 3.30. The molecule has 2 aromatic carbocycles. The summed E-state index contributed by atoms with van der Waals surface area (Å²) < 4.78 is 11.3. The number of para-hydroxylation sites is 1. The number of carbonyl (C=O) groups is 1. The molecule has 1 aliphatic heterocycles. The first-order valence-corrected chi connectivity index (χ1v) is 10.6. The zero-order valence-corrected chi connectivity index (χ0v) is 16.9. The topological polar surface area (TPSA) is 50.8 Å². The predicted octanol–water partition coefficient (Wildman–Crippen LogP) is 4.34. The number of nitrogens with one attached hydrogen (secondary N) is 1. The van der Waals surface area contributed by atoms with Crippen LogP contribution >= 0.6 is 11.3 Å². The molecule has 1 saturated heterocycles. The molecule has 1 N–H and O–H groups in total. The molecule has 1 amide bonds. The lowest BCUT2D eigenvalue weighted by Crippen LogP contribution is -2.43. The summed E-state index contributed by atoms with van der Waals surface area (Å²) in [5, 5.41) is 5.18. The first-order chi connectivity index (χ1) is 14.3. The van der Waals surface area contributed by atoms with Gasteiger partial charge in [-0.05, 0) is 41.8 Å². The van der Waals surface area contributed by atoms with Crippen molar-refractivity contribution in [1.82, 2.24) is 10.2 Å². The lowest BCUT2D eigenvalue weighted by Gasteiger charge is -2.34. The van der Waals surface area contributed by atoms with Gasteiger partial charge in [-0.2, -0.15) is 0 Å². The number of hydrogen-bond acceptors (Lipinski definition) is 5. The SMILES string of the molecule is O=C(NC[C@@H](c1cccs1)N1CCOCC1)c1cccc(Oc2ccccc2)c1. The van der Waals surface area contributed by atoms with E-state index in [4.69, 9.17) is 9.47 Å². The van der Waals surface area contributed by atoms with E-state index in [9.17, 15) is 4.79 Å². The number of thiophene rings is 1. The summed E-state index contributed by atoms with van der Waals surface area (Å²) in [5.74, 6) is 1.29. The zero-order valence-electron chi connectivity index (χ0n) is 16.1. The van der Waals surface area contributed by atoms with Gasteiger partial charge in [0.2, 0.25) is 0 Å². The molecule has 1 aliphatic rings. The minimum absolute atomic E-state index is 0.0988. The fraction of sp³-hybridized carbons (Fsp3) is 0.261. The van der Waals surface area contributed by atoms with Gasteiger partial charge < -0.3 is 14.8 Å². The Hall–Kier alpha value is -2.67. The van der Waals surface area contributed by atoms with Gasteiger partial charge in [-0.1, -0.05) is 30.3 Å². The highest BCUT2D eigenvalue weighted by Crippen LogP contribution is 2.26. The third-order valence-electron chi connectivity index (χ3n) is 4.89. The predicted molar refractivity (Wildman–Crippen MR) is 115 cm³/mol. The van der Waals surface area contributed by atoms with E-state index in [-0.39, 0.29) is 11.9 Å². The Balaban J connectivity index is 1.42. The molecule has 3 aromatic rings. The largest absolute Gasteiger partial charge is 0.457 e. The molecule has 1 fully saturated rings. The van der Waals surface area contributed by atoms with Crippen molar-refractivity contribution in [3.05, 3.63) is 82.6 Å². The van der Waals surface area contributed by atoms with Gasteiger partial charge in [0.15, 0.2) is 0 Å². The summed E-state index contributed by atoms with van der Waals surface area (Å²) in [6.45, 7) is 3.77. The molecule has 0 unspecified atom stereocenters. The quantitative estimate of drug-likeness (QED) is 0.632. The number of amides is 1. The average molecular weight is 409 g/mol. The number of benzene rings is 2. The molecule has 29 heavy (non-hydrogen) atoms. The van der Waals surface area contributed by atoms with Gasteiger partial charge in [0.25, 0.3) is 5.91 Å². The van der Waals surface area contributed by atoms with Crippen LogP contribution in [0.1, 0.15) is 21.3 Å². The van der Waals surface area contributed by atoms with Crippen LogP contribution < -0.4 is 10.1 Å². The van der Waals surface area contributed by atoms with Gasteiger partial charge in [-0.25, -0.2) is 0 Å². The lowest BCUT2D eigenvalue weighted by atomic mass is 10.1. The standard InChI is InChI=1S/C23H24N2O3S/c26-23(18-6-4-9-20(16-18)28-19-7-2-1-3-8-19)24-17-21(22-10-5-15-29-22)25-11-13-27-14-12-25/h1-10,15-16,21H,11-14,17H2,(H,24,26)/t21-/m0/s1. The molecule has 0 spiro atoms. The molecule has 1 aromatic heterocycles. The Labute approximate surface area is 174 Å². The molecular weight excluding hydrogens is 384 g/mol. The second-order valence-corrected chi connectivity index (χ2v) is 7.81. The van der Waals surface area contributed by atoms with Crippen LogP contribution in [0.4, 0.5) is 0 Å². The summed E-state index contributed by atoms with van der Waals surface area (Å²) in [4.78, 5) is 16.4.